The lowest BCUT2D eigenvalue weighted by molar-refractivity contribution is -0.183. The molecule has 1 aliphatic rings. The number of nitrogens with one attached hydrogen (secondary N) is 2. The number of aliphatic imine (C=N–C) groups is 1. The fourth-order valence-electron chi connectivity index (χ4n) is 3.39. The van der Waals surface area contributed by atoms with Gasteiger partial charge in [-0.2, -0.15) is 13.2 Å². The van der Waals surface area contributed by atoms with Crippen molar-refractivity contribution in [2.45, 2.75) is 58.3 Å². The lowest BCUT2D eigenvalue weighted by Crippen LogP contribution is -2.46. The third-order valence-electron chi connectivity index (χ3n) is 4.77. The summed E-state index contributed by atoms with van der Waals surface area (Å²) in [5.41, 5.74) is 0.929. The van der Waals surface area contributed by atoms with Crippen LogP contribution in [0.3, 0.4) is 0 Å². The highest BCUT2D eigenvalue weighted by Crippen LogP contribution is 2.37. The summed E-state index contributed by atoms with van der Waals surface area (Å²) in [5.74, 6) is 0.594. The minimum Gasteiger partial charge on any atom is -0.493 e. The van der Waals surface area contributed by atoms with E-state index in [4.69, 9.17) is 9.47 Å². The maximum absolute atomic E-state index is 13.0. The van der Waals surface area contributed by atoms with Gasteiger partial charge in [0.15, 0.2) is 17.5 Å². The van der Waals surface area contributed by atoms with Crippen LogP contribution >= 0.6 is 0 Å². The van der Waals surface area contributed by atoms with Crippen LogP contribution < -0.4 is 20.1 Å². The minimum atomic E-state index is -4.13. The molecule has 2 rings (SSSR count). The number of nitrogens with zero attached hydrogens (tertiary/aromatic N) is 1. The van der Waals surface area contributed by atoms with E-state index in [0.717, 1.165) is 5.56 Å². The lowest BCUT2D eigenvalue weighted by Gasteiger charge is -2.31. The topological polar surface area (TPSA) is 54.9 Å². The second kappa shape index (κ2) is 10.4. The molecule has 0 aromatic heterocycles. The largest absolute Gasteiger partial charge is 0.493 e. The fraction of sp³-hybridized carbons (Fsp3) is 0.650. The monoisotopic (exact) mass is 401 g/mol. The van der Waals surface area contributed by atoms with Gasteiger partial charge in [0.1, 0.15) is 0 Å². The Labute approximate surface area is 164 Å². The molecule has 1 fully saturated rings. The fourth-order valence-corrected chi connectivity index (χ4v) is 3.39. The SMILES string of the molecule is CCNC(=NCc1ccc(OC)c(OCC)c1)NC1CCCC(C(F)(F)F)C1. The van der Waals surface area contributed by atoms with E-state index in [1.54, 1.807) is 7.11 Å². The highest BCUT2D eigenvalue weighted by atomic mass is 19.4. The minimum absolute atomic E-state index is 0.0882. The molecule has 0 aliphatic heterocycles. The van der Waals surface area contributed by atoms with E-state index in [2.05, 4.69) is 15.6 Å². The van der Waals surface area contributed by atoms with Gasteiger partial charge in [-0.3, -0.25) is 0 Å². The van der Waals surface area contributed by atoms with Crippen LogP contribution in [-0.2, 0) is 6.54 Å². The van der Waals surface area contributed by atoms with Crippen molar-refractivity contribution in [3.8, 4) is 11.5 Å². The number of halogens is 3. The molecule has 0 spiro atoms. The van der Waals surface area contributed by atoms with Gasteiger partial charge in [-0.25, -0.2) is 4.99 Å². The molecular formula is C20H30F3N3O2. The Bertz CT molecular complexity index is 650. The number of hydrogen-bond acceptors (Lipinski definition) is 3. The van der Waals surface area contributed by atoms with E-state index in [0.29, 0.717) is 50.0 Å². The smallest absolute Gasteiger partial charge is 0.391 e. The van der Waals surface area contributed by atoms with E-state index in [9.17, 15) is 13.2 Å². The Balaban J connectivity index is 2.05. The third-order valence-corrected chi connectivity index (χ3v) is 4.77. The van der Waals surface area contributed by atoms with Crippen LogP contribution in [0.5, 0.6) is 11.5 Å². The van der Waals surface area contributed by atoms with Gasteiger partial charge in [0.2, 0.25) is 0 Å². The summed E-state index contributed by atoms with van der Waals surface area (Å²) in [6.07, 6.45) is -2.55. The van der Waals surface area contributed by atoms with Crippen LogP contribution in [0.2, 0.25) is 0 Å². The molecular weight excluding hydrogens is 371 g/mol. The first kappa shape index (κ1) is 22.2. The molecule has 2 unspecified atom stereocenters. The molecule has 0 radical (unpaired) electrons. The van der Waals surface area contributed by atoms with Gasteiger partial charge in [-0.15, -0.1) is 0 Å². The Morgan fingerprint density at radius 3 is 2.64 bits per heavy atom. The summed E-state index contributed by atoms with van der Waals surface area (Å²) in [4.78, 5) is 4.54. The van der Waals surface area contributed by atoms with Crippen molar-refractivity contribution in [3.63, 3.8) is 0 Å². The van der Waals surface area contributed by atoms with Crippen molar-refractivity contribution in [2.24, 2.45) is 10.9 Å². The Kier molecular flexibility index (Phi) is 8.26. The van der Waals surface area contributed by atoms with Crippen LogP contribution in [0.15, 0.2) is 23.2 Å². The van der Waals surface area contributed by atoms with Crippen molar-refractivity contribution in [1.29, 1.82) is 0 Å². The summed E-state index contributed by atoms with van der Waals surface area (Å²) in [6.45, 7) is 5.37. The number of hydrogen-bond donors (Lipinski definition) is 2. The maximum atomic E-state index is 13.0. The average molecular weight is 401 g/mol. The van der Waals surface area contributed by atoms with Gasteiger partial charge < -0.3 is 20.1 Å². The number of benzene rings is 1. The molecule has 5 nitrogen and oxygen atoms in total. The molecule has 0 bridgehead atoms. The molecule has 28 heavy (non-hydrogen) atoms. The van der Waals surface area contributed by atoms with Crippen molar-refractivity contribution < 1.29 is 22.6 Å². The standard InChI is InChI=1S/C20H30F3N3O2/c1-4-24-19(26-16-8-6-7-15(12-16)20(21,22)23)25-13-14-9-10-17(27-3)18(11-14)28-5-2/h9-11,15-16H,4-8,12-13H2,1-3H3,(H2,24,25,26). The van der Waals surface area contributed by atoms with Crippen molar-refractivity contribution in [2.75, 3.05) is 20.3 Å². The Hall–Kier alpha value is -2.12. The van der Waals surface area contributed by atoms with Gasteiger partial charge in [-0.1, -0.05) is 12.5 Å². The molecule has 2 atom stereocenters. The van der Waals surface area contributed by atoms with Crippen molar-refractivity contribution in [1.82, 2.24) is 10.6 Å². The highest BCUT2D eigenvalue weighted by Gasteiger charge is 2.42. The van der Waals surface area contributed by atoms with E-state index in [-0.39, 0.29) is 18.9 Å². The molecule has 1 aromatic carbocycles. The zero-order chi connectivity index (χ0) is 20.6. The first-order valence-corrected chi connectivity index (χ1v) is 9.78. The molecule has 1 saturated carbocycles. The van der Waals surface area contributed by atoms with Crippen LogP contribution in [0.4, 0.5) is 13.2 Å². The van der Waals surface area contributed by atoms with Gasteiger partial charge in [0.25, 0.3) is 0 Å². The second-order valence-corrected chi connectivity index (χ2v) is 6.86. The van der Waals surface area contributed by atoms with Gasteiger partial charge >= 0.3 is 6.18 Å². The predicted octanol–water partition coefficient (Wildman–Crippen LogP) is 4.27. The molecule has 158 valence electrons. The van der Waals surface area contributed by atoms with Crippen LogP contribution in [0, 0.1) is 5.92 Å². The van der Waals surface area contributed by atoms with Gasteiger partial charge in [0, 0.05) is 12.6 Å². The summed E-state index contributed by atoms with van der Waals surface area (Å²) in [5, 5.41) is 6.29. The van der Waals surface area contributed by atoms with Crippen molar-refractivity contribution in [3.05, 3.63) is 23.8 Å². The van der Waals surface area contributed by atoms with Gasteiger partial charge in [0.05, 0.1) is 26.2 Å². The van der Waals surface area contributed by atoms with Crippen LogP contribution in [-0.4, -0.2) is 38.4 Å². The summed E-state index contributed by atoms with van der Waals surface area (Å²) in [6, 6.07) is 5.36. The Morgan fingerprint density at radius 2 is 2.00 bits per heavy atom. The zero-order valence-electron chi connectivity index (χ0n) is 16.7. The number of alkyl halides is 3. The van der Waals surface area contributed by atoms with Crippen LogP contribution in [0.1, 0.15) is 45.1 Å². The molecule has 1 aromatic rings. The predicted molar refractivity (Wildman–Crippen MR) is 104 cm³/mol. The molecule has 0 heterocycles. The van der Waals surface area contributed by atoms with Crippen LogP contribution in [0.25, 0.3) is 0 Å². The second-order valence-electron chi connectivity index (χ2n) is 6.86. The zero-order valence-corrected chi connectivity index (χ0v) is 16.7. The number of ether oxygens (including phenoxy) is 2. The summed E-state index contributed by atoms with van der Waals surface area (Å²) < 4.78 is 50.0. The third kappa shape index (κ3) is 6.49. The van der Waals surface area contributed by atoms with E-state index in [1.165, 1.54) is 0 Å². The van der Waals surface area contributed by atoms with E-state index >= 15 is 0 Å². The molecule has 1 aliphatic carbocycles. The summed E-state index contributed by atoms with van der Waals surface area (Å²) >= 11 is 0. The quantitative estimate of drug-likeness (QED) is 0.529. The number of rotatable bonds is 7. The molecule has 8 heteroatoms. The number of guanidine groups is 1. The first-order chi connectivity index (χ1) is 13.4. The Morgan fingerprint density at radius 1 is 1.21 bits per heavy atom. The number of methoxy groups -OCH3 is 1. The van der Waals surface area contributed by atoms with E-state index < -0.39 is 12.1 Å². The summed E-state index contributed by atoms with van der Waals surface area (Å²) in [7, 11) is 1.58. The highest BCUT2D eigenvalue weighted by molar-refractivity contribution is 5.80. The molecule has 2 N–H and O–H groups in total. The maximum Gasteiger partial charge on any atom is 0.391 e. The van der Waals surface area contributed by atoms with Gasteiger partial charge in [-0.05, 0) is 50.8 Å². The first-order valence-electron chi connectivity index (χ1n) is 9.78. The molecule has 0 saturated heterocycles. The van der Waals surface area contributed by atoms with E-state index in [1.807, 2.05) is 32.0 Å². The van der Waals surface area contributed by atoms with Crippen molar-refractivity contribution >= 4 is 5.96 Å². The average Bonchev–Trinajstić information content (AvgIpc) is 2.66. The normalized spacial score (nSPS) is 20.6. The lowest BCUT2D eigenvalue weighted by atomic mass is 9.85. The molecule has 0 amide bonds.